The summed E-state index contributed by atoms with van der Waals surface area (Å²) in [5.41, 5.74) is 2.07. The Morgan fingerprint density at radius 1 is 1.24 bits per heavy atom. The predicted octanol–water partition coefficient (Wildman–Crippen LogP) is 4.79. The maximum Gasteiger partial charge on any atom is 0.414 e. The van der Waals surface area contributed by atoms with E-state index in [9.17, 15) is 15.2 Å². The normalized spacial score (nSPS) is 17.2. The van der Waals surface area contributed by atoms with Crippen LogP contribution >= 0.6 is 0 Å². The highest BCUT2D eigenvalue weighted by atomic mass is 16.6. The number of hydrogen-bond donors (Lipinski definition) is 2. The first-order valence-electron chi connectivity index (χ1n) is 12.5. The van der Waals surface area contributed by atoms with Gasteiger partial charge in [0, 0.05) is 42.2 Å². The maximum absolute atomic E-state index is 13.0. The SMILES string of the molecule is Cn1nc(C(C)(C)C)cc1Nc1nccc(-c2cc(C#N)c3c(c2)C(C)(CO)CN3C(=O)OC(C)(C)C)n1. The van der Waals surface area contributed by atoms with Crippen LogP contribution in [0, 0.1) is 11.3 Å². The lowest BCUT2D eigenvalue weighted by atomic mass is 9.83. The van der Waals surface area contributed by atoms with Crippen molar-refractivity contribution in [3.8, 4) is 17.3 Å². The van der Waals surface area contributed by atoms with Crippen molar-refractivity contribution in [1.29, 1.82) is 5.26 Å². The summed E-state index contributed by atoms with van der Waals surface area (Å²) in [5, 5.41) is 28.2. The molecule has 3 aromatic rings. The molecule has 4 rings (SSSR count). The molecule has 0 bridgehead atoms. The molecule has 200 valence electrons. The molecule has 1 aliphatic heterocycles. The Labute approximate surface area is 223 Å². The van der Waals surface area contributed by atoms with Gasteiger partial charge in [-0.2, -0.15) is 10.4 Å². The van der Waals surface area contributed by atoms with E-state index >= 15 is 0 Å². The molecule has 1 atom stereocenters. The van der Waals surface area contributed by atoms with Crippen molar-refractivity contribution < 1.29 is 14.6 Å². The zero-order valence-electron chi connectivity index (χ0n) is 23.2. The maximum atomic E-state index is 13.0. The number of carbonyl (C=O) groups is 1. The molecule has 1 amide bonds. The van der Waals surface area contributed by atoms with Gasteiger partial charge < -0.3 is 15.2 Å². The van der Waals surface area contributed by atoms with E-state index in [0.29, 0.717) is 34.0 Å². The lowest BCUT2D eigenvalue weighted by molar-refractivity contribution is 0.0575. The lowest BCUT2D eigenvalue weighted by Crippen LogP contribution is -2.40. The molecular weight excluding hydrogens is 482 g/mol. The van der Waals surface area contributed by atoms with E-state index in [2.05, 4.69) is 47.2 Å². The number of hydrogen-bond acceptors (Lipinski definition) is 8. The third-order valence-electron chi connectivity index (χ3n) is 6.46. The van der Waals surface area contributed by atoms with Gasteiger partial charge in [0.15, 0.2) is 0 Å². The highest BCUT2D eigenvalue weighted by Crippen LogP contribution is 2.45. The van der Waals surface area contributed by atoms with Gasteiger partial charge in [-0.1, -0.05) is 27.7 Å². The molecule has 0 saturated carbocycles. The van der Waals surface area contributed by atoms with Crippen molar-refractivity contribution in [3.05, 3.63) is 47.3 Å². The number of nitrogens with one attached hydrogen (secondary N) is 1. The van der Waals surface area contributed by atoms with Crippen LogP contribution in [0.15, 0.2) is 30.5 Å². The summed E-state index contributed by atoms with van der Waals surface area (Å²) < 4.78 is 7.34. The van der Waals surface area contributed by atoms with Gasteiger partial charge in [-0.15, -0.1) is 0 Å². The first kappa shape index (κ1) is 27.1. The third kappa shape index (κ3) is 5.20. The Kier molecular flexibility index (Phi) is 6.70. The molecule has 10 nitrogen and oxygen atoms in total. The summed E-state index contributed by atoms with van der Waals surface area (Å²) in [5.74, 6) is 1.13. The number of aliphatic hydroxyl groups excluding tert-OH is 1. The van der Waals surface area contributed by atoms with Gasteiger partial charge in [0.1, 0.15) is 17.5 Å². The van der Waals surface area contributed by atoms with Gasteiger partial charge in [-0.25, -0.2) is 14.8 Å². The van der Waals surface area contributed by atoms with Crippen molar-refractivity contribution in [2.45, 2.75) is 64.9 Å². The number of fused-ring (bicyclic) bond motifs is 1. The van der Waals surface area contributed by atoms with Crippen LogP contribution in [0.25, 0.3) is 11.3 Å². The van der Waals surface area contributed by atoms with Crippen LogP contribution in [0.3, 0.4) is 0 Å². The summed E-state index contributed by atoms with van der Waals surface area (Å²) in [6, 6.07) is 9.53. The molecule has 38 heavy (non-hydrogen) atoms. The number of amides is 1. The van der Waals surface area contributed by atoms with E-state index in [4.69, 9.17) is 4.74 Å². The number of benzene rings is 1. The molecule has 0 aliphatic carbocycles. The first-order chi connectivity index (χ1) is 17.6. The minimum Gasteiger partial charge on any atom is -0.443 e. The Hall–Kier alpha value is -3.97. The highest BCUT2D eigenvalue weighted by molar-refractivity contribution is 5.95. The number of rotatable bonds is 4. The average Bonchev–Trinajstić information content (AvgIpc) is 3.35. The van der Waals surface area contributed by atoms with Gasteiger partial charge in [0.05, 0.1) is 29.2 Å². The molecule has 0 saturated heterocycles. The summed E-state index contributed by atoms with van der Waals surface area (Å²) in [7, 11) is 1.85. The quantitative estimate of drug-likeness (QED) is 0.505. The van der Waals surface area contributed by atoms with Crippen LogP contribution in [0.4, 0.5) is 22.2 Å². The van der Waals surface area contributed by atoms with E-state index in [-0.39, 0.29) is 18.6 Å². The van der Waals surface area contributed by atoms with Crippen LogP contribution in [0.2, 0.25) is 0 Å². The van der Waals surface area contributed by atoms with Crippen LogP contribution < -0.4 is 10.2 Å². The number of aryl methyl sites for hydroxylation is 1. The molecule has 2 N–H and O–H groups in total. The second-order valence-corrected chi connectivity index (χ2v) is 12.0. The Balaban J connectivity index is 1.74. The summed E-state index contributed by atoms with van der Waals surface area (Å²) in [4.78, 5) is 23.5. The fourth-order valence-corrected chi connectivity index (χ4v) is 4.38. The number of carbonyl (C=O) groups excluding carboxylic acids is 1. The standard InChI is InChI=1S/C28H35N7O3/c1-26(2,3)21-13-22(34(8)33-21)32-24-30-10-9-20(31-24)17-11-18(14-29)23-19(12-17)28(7,16-36)15-35(23)25(37)38-27(4,5)6/h9-13,36H,15-16H2,1-8H3,(H,30,31,32). The fourth-order valence-electron chi connectivity index (χ4n) is 4.38. The summed E-state index contributed by atoms with van der Waals surface area (Å²) in [6.07, 6.45) is 1.09. The summed E-state index contributed by atoms with van der Waals surface area (Å²) >= 11 is 0. The van der Waals surface area contributed by atoms with Crippen molar-refractivity contribution in [1.82, 2.24) is 19.7 Å². The minimum atomic E-state index is -0.778. The monoisotopic (exact) mass is 517 g/mol. The Bertz CT molecular complexity index is 1430. The molecule has 1 aliphatic rings. The lowest BCUT2D eigenvalue weighted by Gasteiger charge is -2.26. The van der Waals surface area contributed by atoms with Gasteiger partial charge in [0.25, 0.3) is 0 Å². The van der Waals surface area contributed by atoms with Crippen LogP contribution in [-0.4, -0.2) is 49.7 Å². The van der Waals surface area contributed by atoms with E-state index < -0.39 is 17.1 Å². The number of nitriles is 1. The zero-order chi connectivity index (χ0) is 28.0. The number of ether oxygens (including phenoxy) is 1. The molecule has 0 spiro atoms. The third-order valence-corrected chi connectivity index (χ3v) is 6.46. The molecule has 0 fully saturated rings. The number of anilines is 3. The van der Waals surface area contributed by atoms with Gasteiger partial charge in [0.2, 0.25) is 5.95 Å². The first-order valence-corrected chi connectivity index (χ1v) is 12.5. The van der Waals surface area contributed by atoms with Gasteiger partial charge >= 0.3 is 6.09 Å². The highest BCUT2D eigenvalue weighted by Gasteiger charge is 2.44. The zero-order valence-corrected chi connectivity index (χ0v) is 23.2. The molecule has 0 radical (unpaired) electrons. The number of aromatic nitrogens is 4. The molecule has 1 unspecified atom stereocenters. The van der Waals surface area contributed by atoms with Crippen LogP contribution in [-0.2, 0) is 22.6 Å². The van der Waals surface area contributed by atoms with Crippen LogP contribution in [0.5, 0.6) is 0 Å². The summed E-state index contributed by atoms with van der Waals surface area (Å²) in [6.45, 7) is 13.5. The largest absolute Gasteiger partial charge is 0.443 e. The second kappa shape index (κ2) is 9.40. The second-order valence-electron chi connectivity index (χ2n) is 12.0. The van der Waals surface area contributed by atoms with Gasteiger partial charge in [-0.3, -0.25) is 9.58 Å². The van der Waals surface area contributed by atoms with Crippen molar-refractivity contribution >= 4 is 23.5 Å². The molecular formula is C28H35N7O3. The van der Waals surface area contributed by atoms with E-state index in [1.54, 1.807) is 43.8 Å². The molecule has 2 aromatic heterocycles. The Morgan fingerprint density at radius 3 is 2.53 bits per heavy atom. The van der Waals surface area contributed by atoms with Crippen molar-refractivity contribution in [3.63, 3.8) is 0 Å². The molecule has 1 aromatic carbocycles. The van der Waals surface area contributed by atoms with E-state index in [1.807, 2.05) is 26.1 Å². The van der Waals surface area contributed by atoms with E-state index in [1.165, 1.54) is 4.90 Å². The topological polar surface area (TPSA) is 129 Å². The number of nitrogens with zero attached hydrogens (tertiary/aromatic N) is 6. The molecule has 3 heterocycles. The van der Waals surface area contributed by atoms with Crippen molar-refractivity contribution in [2.75, 3.05) is 23.4 Å². The van der Waals surface area contributed by atoms with E-state index in [0.717, 1.165) is 11.5 Å². The predicted molar refractivity (Wildman–Crippen MR) is 145 cm³/mol. The fraction of sp³-hybridized carbons (Fsp3) is 0.464. The Morgan fingerprint density at radius 2 is 1.95 bits per heavy atom. The minimum absolute atomic E-state index is 0.106. The van der Waals surface area contributed by atoms with Crippen LogP contribution in [0.1, 0.15) is 65.3 Å². The van der Waals surface area contributed by atoms with Gasteiger partial charge in [-0.05, 0) is 44.5 Å². The number of aliphatic hydroxyl groups is 1. The smallest absolute Gasteiger partial charge is 0.414 e. The van der Waals surface area contributed by atoms with Crippen molar-refractivity contribution in [2.24, 2.45) is 7.05 Å². The molecule has 10 heteroatoms. The average molecular weight is 518 g/mol.